The second-order valence-electron chi connectivity index (χ2n) is 4.56. The summed E-state index contributed by atoms with van der Waals surface area (Å²) in [4.78, 5) is 16.5. The van der Waals surface area contributed by atoms with E-state index in [2.05, 4.69) is 10.3 Å². The molecule has 0 aliphatic heterocycles. The third kappa shape index (κ3) is 3.71. The van der Waals surface area contributed by atoms with Gasteiger partial charge < -0.3 is 4.74 Å². The number of nitrogens with one attached hydrogen (secondary N) is 1. The van der Waals surface area contributed by atoms with E-state index in [9.17, 15) is 4.79 Å². The van der Waals surface area contributed by atoms with Crippen LogP contribution in [0.15, 0.2) is 23.6 Å². The number of aromatic nitrogens is 1. The second-order valence-corrected chi connectivity index (χ2v) is 5.85. The molecule has 0 fully saturated rings. The molecule has 0 saturated heterocycles. The van der Waals surface area contributed by atoms with E-state index >= 15 is 0 Å². The molecule has 1 aromatic heterocycles. The molecule has 2 rings (SSSR count). The standard InChI is InChI=1S/C14H15ClN2O2S/c1-8(2)19-12-5-4-10(15)6-11(12)13(18)17-14-16-9(3)7-20-14/h4-8H,1-3H3,(H,16,17,18). The Morgan fingerprint density at radius 2 is 2.20 bits per heavy atom. The smallest absolute Gasteiger partial charge is 0.261 e. The summed E-state index contributed by atoms with van der Waals surface area (Å²) in [6.07, 6.45) is -0.0233. The molecule has 20 heavy (non-hydrogen) atoms. The van der Waals surface area contributed by atoms with Crippen LogP contribution in [0.2, 0.25) is 5.02 Å². The normalized spacial score (nSPS) is 10.7. The zero-order valence-electron chi connectivity index (χ0n) is 11.4. The lowest BCUT2D eigenvalue weighted by atomic mass is 10.2. The quantitative estimate of drug-likeness (QED) is 0.923. The van der Waals surface area contributed by atoms with Gasteiger partial charge in [0.1, 0.15) is 5.75 Å². The van der Waals surface area contributed by atoms with Crippen LogP contribution in [0, 0.1) is 6.92 Å². The minimum Gasteiger partial charge on any atom is -0.490 e. The van der Waals surface area contributed by atoms with Crippen LogP contribution >= 0.6 is 22.9 Å². The van der Waals surface area contributed by atoms with Gasteiger partial charge in [0.05, 0.1) is 17.4 Å². The van der Waals surface area contributed by atoms with Crippen molar-refractivity contribution in [2.45, 2.75) is 26.9 Å². The summed E-state index contributed by atoms with van der Waals surface area (Å²) in [6.45, 7) is 5.68. The van der Waals surface area contributed by atoms with Gasteiger partial charge in [-0.05, 0) is 39.0 Å². The van der Waals surface area contributed by atoms with Gasteiger partial charge in [0.25, 0.3) is 5.91 Å². The maximum Gasteiger partial charge on any atom is 0.261 e. The molecule has 0 saturated carbocycles. The first kappa shape index (κ1) is 14.8. The van der Waals surface area contributed by atoms with E-state index in [0.29, 0.717) is 21.5 Å². The zero-order valence-corrected chi connectivity index (χ0v) is 13.0. The Hall–Kier alpha value is -1.59. The van der Waals surface area contributed by atoms with Gasteiger partial charge in [-0.15, -0.1) is 11.3 Å². The van der Waals surface area contributed by atoms with Crippen LogP contribution in [-0.2, 0) is 0 Å². The van der Waals surface area contributed by atoms with E-state index in [1.807, 2.05) is 26.2 Å². The summed E-state index contributed by atoms with van der Waals surface area (Å²) in [5.41, 5.74) is 1.27. The summed E-state index contributed by atoms with van der Waals surface area (Å²) < 4.78 is 5.63. The first-order valence-electron chi connectivity index (χ1n) is 6.15. The van der Waals surface area contributed by atoms with Crippen LogP contribution in [0.5, 0.6) is 5.75 Å². The Kier molecular flexibility index (Phi) is 4.62. The lowest BCUT2D eigenvalue weighted by Gasteiger charge is -2.13. The van der Waals surface area contributed by atoms with Crippen molar-refractivity contribution in [2.24, 2.45) is 0 Å². The van der Waals surface area contributed by atoms with Gasteiger partial charge in [0, 0.05) is 10.4 Å². The van der Waals surface area contributed by atoms with Crippen molar-refractivity contribution in [2.75, 3.05) is 5.32 Å². The zero-order chi connectivity index (χ0) is 14.7. The Morgan fingerprint density at radius 3 is 2.80 bits per heavy atom. The fraction of sp³-hybridized carbons (Fsp3) is 0.286. The van der Waals surface area contributed by atoms with Crippen LogP contribution in [-0.4, -0.2) is 17.0 Å². The summed E-state index contributed by atoms with van der Waals surface area (Å²) >= 11 is 7.34. The number of nitrogens with zero attached hydrogens (tertiary/aromatic N) is 1. The Balaban J connectivity index is 2.25. The fourth-order valence-corrected chi connectivity index (χ4v) is 2.47. The Morgan fingerprint density at radius 1 is 1.45 bits per heavy atom. The van der Waals surface area contributed by atoms with Gasteiger partial charge in [-0.3, -0.25) is 10.1 Å². The summed E-state index contributed by atoms with van der Waals surface area (Å²) in [5.74, 6) is 0.229. The van der Waals surface area contributed by atoms with Crippen molar-refractivity contribution >= 4 is 34.0 Å². The topological polar surface area (TPSA) is 51.2 Å². The van der Waals surface area contributed by atoms with Crippen molar-refractivity contribution in [1.82, 2.24) is 4.98 Å². The minimum absolute atomic E-state index is 0.0233. The van der Waals surface area contributed by atoms with Crippen molar-refractivity contribution < 1.29 is 9.53 Å². The van der Waals surface area contributed by atoms with Crippen LogP contribution in [0.4, 0.5) is 5.13 Å². The number of halogens is 1. The van der Waals surface area contributed by atoms with Gasteiger partial charge in [-0.1, -0.05) is 11.6 Å². The number of ether oxygens (including phenoxy) is 1. The highest BCUT2D eigenvalue weighted by Gasteiger charge is 2.15. The van der Waals surface area contributed by atoms with E-state index in [1.54, 1.807) is 18.2 Å². The summed E-state index contributed by atoms with van der Waals surface area (Å²) in [7, 11) is 0. The fourth-order valence-electron chi connectivity index (χ4n) is 1.61. The molecule has 6 heteroatoms. The number of anilines is 1. The van der Waals surface area contributed by atoms with Gasteiger partial charge in [0.2, 0.25) is 0 Å². The van der Waals surface area contributed by atoms with E-state index < -0.39 is 0 Å². The third-order valence-corrected chi connectivity index (χ3v) is 3.50. The van der Waals surface area contributed by atoms with Crippen LogP contribution in [0.25, 0.3) is 0 Å². The van der Waals surface area contributed by atoms with Crippen molar-refractivity contribution in [3.05, 3.63) is 39.9 Å². The second kappa shape index (κ2) is 6.24. The molecule has 1 N–H and O–H groups in total. The molecule has 0 radical (unpaired) electrons. The van der Waals surface area contributed by atoms with Crippen LogP contribution in [0.1, 0.15) is 29.9 Å². The number of thiazole rings is 1. The number of amides is 1. The first-order valence-corrected chi connectivity index (χ1v) is 7.41. The lowest BCUT2D eigenvalue weighted by Crippen LogP contribution is -2.15. The van der Waals surface area contributed by atoms with Gasteiger partial charge in [0.15, 0.2) is 5.13 Å². The van der Waals surface area contributed by atoms with E-state index in [0.717, 1.165) is 5.69 Å². The van der Waals surface area contributed by atoms with Crippen molar-refractivity contribution in [3.8, 4) is 5.75 Å². The van der Waals surface area contributed by atoms with Crippen molar-refractivity contribution in [3.63, 3.8) is 0 Å². The van der Waals surface area contributed by atoms with E-state index in [-0.39, 0.29) is 12.0 Å². The maximum atomic E-state index is 12.3. The third-order valence-electron chi connectivity index (χ3n) is 2.39. The SMILES string of the molecule is Cc1csc(NC(=O)c2cc(Cl)ccc2OC(C)C)n1. The number of carbonyl (C=O) groups excluding carboxylic acids is 1. The molecule has 1 aromatic carbocycles. The van der Waals surface area contributed by atoms with Crippen molar-refractivity contribution in [1.29, 1.82) is 0 Å². The van der Waals surface area contributed by atoms with E-state index in [1.165, 1.54) is 11.3 Å². The minimum atomic E-state index is -0.280. The molecule has 0 bridgehead atoms. The predicted molar refractivity (Wildman–Crippen MR) is 82.0 cm³/mol. The molecule has 0 aliphatic rings. The Labute approximate surface area is 126 Å². The number of hydrogen-bond donors (Lipinski definition) is 1. The average Bonchev–Trinajstić information content (AvgIpc) is 2.76. The first-order chi connectivity index (χ1) is 9.45. The number of hydrogen-bond acceptors (Lipinski definition) is 4. The molecule has 1 amide bonds. The number of aryl methyl sites for hydroxylation is 1. The number of carbonyl (C=O) groups is 1. The van der Waals surface area contributed by atoms with E-state index in [4.69, 9.17) is 16.3 Å². The van der Waals surface area contributed by atoms with Gasteiger partial charge in [-0.25, -0.2) is 4.98 Å². The molecule has 1 heterocycles. The monoisotopic (exact) mass is 310 g/mol. The summed E-state index contributed by atoms with van der Waals surface area (Å²) in [6, 6.07) is 4.99. The van der Waals surface area contributed by atoms with Crippen LogP contribution in [0.3, 0.4) is 0 Å². The number of benzene rings is 1. The average molecular weight is 311 g/mol. The molecule has 0 spiro atoms. The molecular weight excluding hydrogens is 296 g/mol. The largest absolute Gasteiger partial charge is 0.490 e. The molecule has 0 atom stereocenters. The number of rotatable bonds is 4. The summed E-state index contributed by atoms with van der Waals surface area (Å²) in [5, 5.41) is 5.67. The molecule has 0 unspecified atom stereocenters. The molecule has 2 aromatic rings. The molecular formula is C14H15ClN2O2S. The van der Waals surface area contributed by atoms with Gasteiger partial charge in [-0.2, -0.15) is 0 Å². The lowest BCUT2D eigenvalue weighted by molar-refractivity contribution is 0.102. The maximum absolute atomic E-state index is 12.3. The van der Waals surface area contributed by atoms with Crippen LogP contribution < -0.4 is 10.1 Å². The molecule has 0 aliphatic carbocycles. The highest BCUT2D eigenvalue weighted by molar-refractivity contribution is 7.13. The highest BCUT2D eigenvalue weighted by atomic mass is 35.5. The molecule has 106 valence electrons. The Bertz CT molecular complexity index is 625. The predicted octanol–water partition coefficient (Wildman–Crippen LogP) is 4.14. The molecule has 4 nitrogen and oxygen atoms in total. The highest BCUT2D eigenvalue weighted by Crippen LogP contribution is 2.25. The van der Waals surface area contributed by atoms with Gasteiger partial charge >= 0.3 is 0 Å².